The number of aryl methyl sites for hydroxylation is 1. The van der Waals surface area contributed by atoms with Crippen molar-refractivity contribution in [2.75, 3.05) is 6.54 Å². The van der Waals surface area contributed by atoms with Crippen molar-refractivity contribution in [1.82, 2.24) is 5.32 Å². The number of aliphatic hydroxyl groups excluding tert-OH is 1. The molecule has 2 nitrogen and oxygen atoms in total. The molecule has 3 rings (SSSR count). The van der Waals surface area contributed by atoms with Crippen molar-refractivity contribution in [3.63, 3.8) is 0 Å². The van der Waals surface area contributed by atoms with Crippen LogP contribution in [0.25, 0.3) is 0 Å². The van der Waals surface area contributed by atoms with Gasteiger partial charge in [0, 0.05) is 12.6 Å². The molecular formula is C17H21NOS. The molecule has 1 unspecified atom stereocenters. The second-order valence-corrected chi connectivity index (χ2v) is 6.54. The largest absolute Gasteiger partial charge is 0.387 e. The summed E-state index contributed by atoms with van der Waals surface area (Å²) < 4.78 is 0. The summed E-state index contributed by atoms with van der Waals surface area (Å²) in [6, 6.07) is 11.4. The number of benzene rings is 1. The summed E-state index contributed by atoms with van der Waals surface area (Å²) in [5, 5.41) is 17.5. The third kappa shape index (κ3) is 3.11. The van der Waals surface area contributed by atoms with Crippen LogP contribution in [-0.2, 0) is 0 Å². The van der Waals surface area contributed by atoms with Gasteiger partial charge in [0.15, 0.2) is 0 Å². The summed E-state index contributed by atoms with van der Waals surface area (Å²) in [6.07, 6.45) is 1.98. The average Bonchev–Trinajstić information content (AvgIpc) is 2.92. The van der Waals surface area contributed by atoms with Crippen molar-refractivity contribution >= 4 is 11.3 Å². The lowest BCUT2D eigenvalue weighted by Gasteiger charge is -2.37. The highest BCUT2D eigenvalue weighted by Gasteiger charge is 2.30. The molecule has 1 heterocycles. The van der Waals surface area contributed by atoms with E-state index in [1.54, 1.807) is 11.3 Å². The summed E-state index contributed by atoms with van der Waals surface area (Å²) in [5.41, 5.74) is 3.80. The number of rotatable bonds is 5. The first-order valence-electron chi connectivity index (χ1n) is 7.22. The smallest absolute Gasteiger partial charge is 0.0922 e. The Labute approximate surface area is 124 Å². The fourth-order valence-electron chi connectivity index (χ4n) is 2.76. The van der Waals surface area contributed by atoms with E-state index >= 15 is 0 Å². The molecule has 0 spiro atoms. The fourth-order valence-corrected chi connectivity index (χ4v) is 3.46. The van der Waals surface area contributed by atoms with Crippen molar-refractivity contribution in [3.8, 4) is 0 Å². The SMILES string of the molecule is Cc1ccc(C2CC(NCC(O)c3ccsc3)C2)cc1. The van der Waals surface area contributed by atoms with E-state index in [4.69, 9.17) is 0 Å². The molecule has 0 amide bonds. The molecule has 0 bridgehead atoms. The number of hydrogen-bond donors (Lipinski definition) is 2. The highest BCUT2D eigenvalue weighted by atomic mass is 32.1. The predicted octanol–water partition coefficient (Wildman–Crippen LogP) is 3.63. The minimum atomic E-state index is -0.375. The van der Waals surface area contributed by atoms with Gasteiger partial charge in [-0.1, -0.05) is 29.8 Å². The fraction of sp³-hybridized carbons (Fsp3) is 0.412. The van der Waals surface area contributed by atoms with Gasteiger partial charge in [-0.2, -0.15) is 11.3 Å². The van der Waals surface area contributed by atoms with Crippen LogP contribution in [0.4, 0.5) is 0 Å². The Morgan fingerprint density at radius 2 is 2.00 bits per heavy atom. The molecule has 1 aromatic heterocycles. The maximum absolute atomic E-state index is 10.0. The molecule has 0 aliphatic heterocycles. The van der Waals surface area contributed by atoms with Gasteiger partial charge in [0.1, 0.15) is 0 Å². The molecule has 1 aromatic carbocycles. The first-order chi connectivity index (χ1) is 9.72. The molecule has 0 radical (unpaired) electrons. The molecule has 3 heteroatoms. The summed E-state index contributed by atoms with van der Waals surface area (Å²) >= 11 is 1.63. The van der Waals surface area contributed by atoms with Crippen LogP contribution in [0.3, 0.4) is 0 Å². The molecule has 2 aromatic rings. The van der Waals surface area contributed by atoms with E-state index in [1.165, 1.54) is 24.0 Å². The maximum atomic E-state index is 10.0. The third-order valence-corrected chi connectivity index (χ3v) is 4.92. The van der Waals surface area contributed by atoms with Gasteiger partial charge in [-0.15, -0.1) is 0 Å². The van der Waals surface area contributed by atoms with Crippen LogP contribution in [-0.4, -0.2) is 17.7 Å². The molecule has 1 atom stereocenters. The van der Waals surface area contributed by atoms with Crippen molar-refractivity contribution in [2.45, 2.75) is 37.8 Å². The first-order valence-corrected chi connectivity index (χ1v) is 8.17. The minimum Gasteiger partial charge on any atom is -0.387 e. The van der Waals surface area contributed by atoms with Gasteiger partial charge in [-0.05, 0) is 53.6 Å². The predicted molar refractivity (Wildman–Crippen MR) is 84.2 cm³/mol. The molecule has 2 N–H and O–H groups in total. The molecule has 106 valence electrons. The standard InChI is InChI=1S/C17H21NOS/c1-12-2-4-13(5-3-12)15-8-16(9-15)18-10-17(19)14-6-7-20-11-14/h2-7,11,15-19H,8-10H2,1H3. The highest BCUT2D eigenvalue weighted by molar-refractivity contribution is 7.07. The van der Waals surface area contributed by atoms with E-state index in [-0.39, 0.29) is 6.10 Å². The Balaban J connectivity index is 1.43. The van der Waals surface area contributed by atoms with Crippen LogP contribution >= 0.6 is 11.3 Å². The van der Waals surface area contributed by atoms with Crippen molar-refractivity contribution < 1.29 is 5.11 Å². The van der Waals surface area contributed by atoms with E-state index in [0.29, 0.717) is 18.5 Å². The lowest BCUT2D eigenvalue weighted by Crippen LogP contribution is -2.41. The van der Waals surface area contributed by atoms with Crippen LogP contribution in [0.1, 0.15) is 41.6 Å². The van der Waals surface area contributed by atoms with E-state index in [2.05, 4.69) is 36.5 Å². The van der Waals surface area contributed by atoms with E-state index in [0.717, 1.165) is 5.56 Å². The van der Waals surface area contributed by atoms with E-state index in [9.17, 15) is 5.11 Å². The van der Waals surface area contributed by atoms with E-state index in [1.807, 2.05) is 16.8 Å². The summed E-state index contributed by atoms with van der Waals surface area (Å²) in [7, 11) is 0. The van der Waals surface area contributed by atoms with Gasteiger partial charge in [-0.25, -0.2) is 0 Å². The normalized spacial score (nSPS) is 23.3. The molecule has 0 saturated heterocycles. The van der Waals surface area contributed by atoms with Gasteiger partial charge in [-0.3, -0.25) is 0 Å². The molecular weight excluding hydrogens is 266 g/mol. The van der Waals surface area contributed by atoms with Gasteiger partial charge in [0.25, 0.3) is 0 Å². The molecule has 1 aliphatic rings. The average molecular weight is 287 g/mol. The quantitative estimate of drug-likeness (QED) is 0.880. The van der Waals surface area contributed by atoms with E-state index < -0.39 is 0 Å². The van der Waals surface area contributed by atoms with Crippen LogP contribution in [0.15, 0.2) is 41.1 Å². The second-order valence-electron chi connectivity index (χ2n) is 5.76. The van der Waals surface area contributed by atoms with Crippen LogP contribution in [0, 0.1) is 6.92 Å². The van der Waals surface area contributed by atoms with Crippen LogP contribution in [0.5, 0.6) is 0 Å². The Kier molecular flexibility index (Phi) is 4.20. The summed E-state index contributed by atoms with van der Waals surface area (Å²) in [4.78, 5) is 0. The highest BCUT2D eigenvalue weighted by Crippen LogP contribution is 2.37. The zero-order chi connectivity index (χ0) is 13.9. The lowest BCUT2D eigenvalue weighted by molar-refractivity contribution is 0.157. The second kappa shape index (κ2) is 6.08. The van der Waals surface area contributed by atoms with Crippen LogP contribution < -0.4 is 5.32 Å². The summed E-state index contributed by atoms with van der Waals surface area (Å²) in [5.74, 6) is 0.686. The first kappa shape index (κ1) is 13.8. The van der Waals surface area contributed by atoms with Crippen molar-refractivity contribution in [2.24, 2.45) is 0 Å². The minimum absolute atomic E-state index is 0.375. The number of nitrogens with one attached hydrogen (secondary N) is 1. The monoisotopic (exact) mass is 287 g/mol. The van der Waals surface area contributed by atoms with Crippen molar-refractivity contribution in [1.29, 1.82) is 0 Å². The lowest BCUT2D eigenvalue weighted by atomic mass is 9.75. The Morgan fingerprint density at radius 1 is 1.25 bits per heavy atom. The Bertz CT molecular complexity index is 529. The van der Waals surface area contributed by atoms with Crippen LogP contribution in [0.2, 0.25) is 0 Å². The zero-order valence-corrected chi connectivity index (χ0v) is 12.6. The maximum Gasteiger partial charge on any atom is 0.0922 e. The topological polar surface area (TPSA) is 32.3 Å². The van der Waals surface area contributed by atoms with Gasteiger partial charge in [0.05, 0.1) is 6.10 Å². The number of hydrogen-bond acceptors (Lipinski definition) is 3. The number of thiophene rings is 1. The van der Waals surface area contributed by atoms with Crippen molar-refractivity contribution in [3.05, 3.63) is 57.8 Å². The number of aliphatic hydroxyl groups is 1. The van der Waals surface area contributed by atoms with Gasteiger partial charge in [0.2, 0.25) is 0 Å². The van der Waals surface area contributed by atoms with Gasteiger partial charge >= 0.3 is 0 Å². The third-order valence-electron chi connectivity index (χ3n) is 4.21. The molecule has 1 fully saturated rings. The molecule has 20 heavy (non-hydrogen) atoms. The Morgan fingerprint density at radius 3 is 2.65 bits per heavy atom. The van der Waals surface area contributed by atoms with Gasteiger partial charge < -0.3 is 10.4 Å². The Hall–Kier alpha value is -1.16. The zero-order valence-electron chi connectivity index (χ0n) is 11.8. The molecule has 1 saturated carbocycles. The summed E-state index contributed by atoms with van der Waals surface area (Å²) in [6.45, 7) is 2.78. The molecule has 1 aliphatic carbocycles.